The second-order valence-electron chi connectivity index (χ2n) is 4.54. The van der Waals surface area contributed by atoms with E-state index in [1.807, 2.05) is 36.2 Å². The summed E-state index contributed by atoms with van der Waals surface area (Å²) in [6, 6.07) is 14.6. The second kappa shape index (κ2) is 6.53. The van der Waals surface area contributed by atoms with Gasteiger partial charge in [0.05, 0.1) is 11.3 Å². The van der Waals surface area contributed by atoms with E-state index in [-0.39, 0.29) is 5.82 Å². The molecule has 0 N–H and O–H groups in total. The second-order valence-corrected chi connectivity index (χ2v) is 5.11. The molecule has 0 amide bonds. The minimum absolute atomic E-state index is 0.227. The van der Waals surface area contributed by atoms with Crippen LogP contribution in [0.1, 0.15) is 16.7 Å². The molecular formula is C16H14BrFN2. The van der Waals surface area contributed by atoms with E-state index < -0.39 is 0 Å². The van der Waals surface area contributed by atoms with Gasteiger partial charge in [-0.05, 0) is 23.8 Å². The highest BCUT2D eigenvalue weighted by molar-refractivity contribution is 9.08. The van der Waals surface area contributed by atoms with Crippen molar-refractivity contribution in [3.8, 4) is 6.07 Å². The monoisotopic (exact) mass is 332 g/mol. The van der Waals surface area contributed by atoms with Gasteiger partial charge in [-0.2, -0.15) is 5.26 Å². The van der Waals surface area contributed by atoms with Crippen molar-refractivity contribution in [3.63, 3.8) is 0 Å². The average Bonchev–Trinajstić information content (AvgIpc) is 2.48. The molecule has 20 heavy (non-hydrogen) atoms. The van der Waals surface area contributed by atoms with Crippen LogP contribution in [0.15, 0.2) is 42.5 Å². The molecular weight excluding hydrogens is 319 g/mol. The van der Waals surface area contributed by atoms with Gasteiger partial charge in [-0.1, -0.05) is 40.2 Å². The molecule has 0 atom stereocenters. The maximum Gasteiger partial charge on any atom is 0.128 e. The Hall–Kier alpha value is -1.86. The molecule has 4 heteroatoms. The van der Waals surface area contributed by atoms with Gasteiger partial charge >= 0.3 is 0 Å². The van der Waals surface area contributed by atoms with Gasteiger partial charge in [0.2, 0.25) is 0 Å². The molecule has 0 unspecified atom stereocenters. The average molecular weight is 333 g/mol. The number of rotatable bonds is 4. The zero-order valence-electron chi connectivity index (χ0n) is 11.1. The molecule has 0 spiro atoms. The molecule has 0 aliphatic rings. The Morgan fingerprint density at radius 2 is 2.00 bits per heavy atom. The standard InChI is InChI=1S/C16H14BrFN2/c1-20(11-13-4-2-3-5-15(13)18)16-7-6-12(9-17)8-14(16)10-19/h2-8H,9,11H2,1H3. The highest BCUT2D eigenvalue weighted by Crippen LogP contribution is 2.23. The molecule has 2 aromatic rings. The lowest BCUT2D eigenvalue weighted by molar-refractivity contribution is 0.608. The maximum absolute atomic E-state index is 13.7. The number of hydrogen-bond acceptors (Lipinski definition) is 2. The van der Waals surface area contributed by atoms with E-state index in [0.717, 1.165) is 11.3 Å². The maximum atomic E-state index is 13.7. The lowest BCUT2D eigenvalue weighted by Gasteiger charge is -2.21. The number of anilines is 1. The number of nitrogens with zero attached hydrogens (tertiary/aromatic N) is 2. The van der Waals surface area contributed by atoms with E-state index in [4.69, 9.17) is 0 Å². The van der Waals surface area contributed by atoms with Crippen molar-refractivity contribution in [2.75, 3.05) is 11.9 Å². The Labute approximate surface area is 126 Å². The molecule has 102 valence electrons. The predicted octanol–water partition coefficient (Wildman–Crippen LogP) is 4.23. The number of halogens is 2. The van der Waals surface area contributed by atoms with Crippen LogP contribution in [0.5, 0.6) is 0 Å². The summed E-state index contributed by atoms with van der Waals surface area (Å²) in [5, 5.41) is 9.95. The number of alkyl halides is 1. The Balaban J connectivity index is 2.28. The molecule has 2 rings (SSSR count). The van der Waals surface area contributed by atoms with E-state index in [1.165, 1.54) is 6.07 Å². The van der Waals surface area contributed by atoms with Crippen molar-refractivity contribution < 1.29 is 4.39 Å². The van der Waals surface area contributed by atoms with Crippen molar-refractivity contribution in [2.45, 2.75) is 11.9 Å². The molecule has 0 saturated heterocycles. The predicted molar refractivity (Wildman–Crippen MR) is 82.3 cm³/mol. The highest BCUT2D eigenvalue weighted by Gasteiger charge is 2.10. The summed E-state index contributed by atoms with van der Waals surface area (Å²) in [7, 11) is 1.86. The lowest BCUT2D eigenvalue weighted by atomic mass is 10.1. The molecule has 0 aromatic heterocycles. The first-order valence-electron chi connectivity index (χ1n) is 6.19. The minimum Gasteiger partial charge on any atom is -0.369 e. The Kier molecular flexibility index (Phi) is 4.75. The van der Waals surface area contributed by atoms with Crippen LogP contribution < -0.4 is 4.90 Å². The van der Waals surface area contributed by atoms with Gasteiger partial charge in [-0.3, -0.25) is 0 Å². The fourth-order valence-electron chi connectivity index (χ4n) is 2.06. The van der Waals surface area contributed by atoms with Crippen LogP contribution in [-0.2, 0) is 11.9 Å². The lowest BCUT2D eigenvalue weighted by Crippen LogP contribution is -2.18. The van der Waals surface area contributed by atoms with E-state index in [2.05, 4.69) is 22.0 Å². The fourth-order valence-corrected chi connectivity index (χ4v) is 2.40. The van der Waals surface area contributed by atoms with E-state index in [1.54, 1.807) is 12.1 Å². The first-order valence-corrected chi connectivity index (χ1v) is 7.31. The molecule has 2 nitrogen and oxygen atoms in total. The topological polar surface area (TPSA) is 27.0 Å². The van der Waals surface area contributed by atoms with Crippen LogP contribution in [0.4, 0.5) is 10.1 Å². The number of nitriles is 1. The smallest absolute Gasteiger partial charge is 0.128 e. The number of hydrogen-bond donors (Lipinski definition) is 0. The van der Waals surface area contributed by atoms with Crippen LogP contribution in [0, 0.1) is 17.1 Å². The van der Waals surface area contributed by atoms with Crippen molar-refractivity contribution in [3.05, 3.63) is 65.0 Å². The number of benzene rings is 2. The summed E-state index contributed by atoms with van der Waals surface area (Å²) in [4.78, 5) is 1.88. The van der Waals surface area contributed by atoms with Crippen molar-refractivity contribution in [1.29, 1.82) is 5.26 Å². The Bertz CT molecular complexity index is 649. The van der Waals surface area contributed by atoms with Gasteiger partial charge in [-0.15, -0.1) is 0 Å². The Morgan fingerprint density at radius 1 is 1.25 bits per heavy atom. The van der Waals surface area contributed by atoms with Gasteiger partial charge in [0.15, 0.2) is 0 Å². The van der Waals surface area contributed by atoms with Crippen LogP contribution in [0.2, 0.25) is 0 Å². The summed E-state index contributed by atoms with van der Waals surface area (Å²) in [6.45, 7) is 0.426. The third kappa shape index (κ3) is 3.17. The molecule has 0 radical (unpaired) electrons. The van der Waals surface area contributed by atoms with Crippen LogP contribution in [-0.4, -0.2) is 7.05 Å². The van der Waals surface area contributed by atoms with Crippen LogP contribution in [0.3, 0.4) is 0 Å². The van der Waals surface area contributed by atoms with Gasteiger partial charge in [0.1, 0.15) is 11.9 Å². The third-order valence-corrected chi connectivity index (χ3v) is 3.76. The van der Waals surface area contributed by atoms with Gasteiger partial charge in [0, 0.05) is 24.5 Å². The van der Waals surface area contributed by atoms with Crippen molar-refractivity contribution in [1.82, 2.24) is 0 Å². The van der Waals surface area contributed by atoms with Crippen LogP contribution >= 0.6 is 15.9 Å². The summed E-state index contributed by atoms with van der Waals surface area (Å²) in [5.74, 6) is -0.227. The molecule has 2 aromatic carbocycles. The van der Waals surface area contributed by atoms with Crippen molar-refractivity contribution >= 4 is 21.6 Å². The van der Waals surface area contributed by atoms with Gasteiger partial charge < -0.3 is 4.90 Å². The first-order chi connectivity index (χ1) is 9.65. The first kappa shape index (κ1) is 14.5. The molecule has 0 bridgehead atoms. The molecule has 0 aliphatic carbocycles. The summed E-state index contributed by atoms with van der Waals surface area (Å²) in [5.41, 5.74) is 3.06. The van der Waals surface area contributed by atoms with E-state index in [9.17, 15) is 9.65 Å². The summed E-state index contributed by atoms with van der Waals surface area (Å²) >= 11 is 3.37. The largest absolute Gasteiger partial charge is 0.369 e. The van der Waals surface area contributed by atoms with Gasteiger partial charge in [0.25, 0.3) is 0 Å². The zero-order chi connectivity index (χ0) is 14.5. The molecule has 0 saturated carbocycles. The molecule has 0 heterocycles. The Morgan fingerprint density at radius 3 is 2.65 bits per heavy atom. The highest BCUT2D eigenvalue weighted by atomic mass is 79.9. The fraction of sp³-hybridized carbons (Fsp3) is 0.188. The van der Waals surface area contributed by atoms with E-state index >= 15 is 0 Å². The molecule has 0 aliphatic heterocycles. The van der Waals surface area contributed by atoms with E-state index in [0.29, 0.717) is 23.0 Å². The van der Waals surface area contributed by atoms with Crippen LogP contribution in [0.25, 0.3) is 0 Å². The normalized spacial score (nSPS) is 10.1. The molecule has 0 fully saturated rings. The minimum atomic E-state index is -0.227. The SMILES string of the molecule is CN(Cc1ccccc1F)c1ccc(CBr)cc1C#N. The van der Waals surface area contributed by atoms with Crippen molar-refractivity contribution in [2.24, 2.45) is 0 Å². The summed E-state index contributed by atoms with van der Waals surface area (Å²) < 4.78 is 13.7. The van der Waals surface area contributed by atoms with Gasteiger partial charge in [-0.25, -0.2) is 4.39 Å². The zero-order valence-corrected chi connectivity index (χ0v) is 12.7. The quantitative estimate of drug-likeness (QED) is 0.783. The summed E-state index contributed by atoms with van der Waals surface area (Å²) in [6.07, 6.45) is 0. The third-order valence-electron chi connectivity index (χ3n) is 3.11.